The van der Waals surface area contributed by atoms with Crippen molar-refractivity contribution < 1.29 is 13.9 Å². The standard InChI is InChI=1S/C13H16FNO2/c1-17-11-9(5-4-6-10(11)14)12(16)13(15)7-2-3-8-13/h4-6H,2-3,7-8,15H2,1H3. The van der Waals surface area contributed by atoms with Crippen molar-refractivity contribution in [2.75, 3.05) is 7.11 Å². The van der Waals surface area contributed by atoms with Gasteiger partial charge in [0.25, 0.3) is 0 Å². The molecule has 4 heteroatoms. The molecule has 17 heavy (non-hydrogen) atoms. The van der Waals surface area contributed by atoms with Gasteiger partial charge in [-0.2, -0.15) is 0 Å². The summed E-state index contributed by atoms with van der Waals surface area (Å²) in [6.07, 6.45) is 3.21. The van der Waals surface area contributed by atoms with Crippen LogP contribution in [-0.4, -0.2) is 18.4 Å². The molecule has 0 saturated heterocycles. The van der Waals surface area contributed by atoms with Crippen LogP contribution in [0.4, 0.5) is 4.39 Å². The van der Waals surface area contributed by atoms with Crippen LogP contribution in [0.1, 0.15) is 36.0 Å². The summed E-state index contributed by atoms with van der Waals surface area (Å²) in [6, 6.07) is 4.34. The first-order valence-corrected chi connectivity index (χ1v) is 5.75. The van der Waals surface area contributed by atoms with Crippen molar-refractivity contribution >= 4 is 5.78 Å². The highest BCUT2D eigenvalue weighted by Gasteiger charge is 2.38. The average Bonchev–Trinajstić information content (AvgIpc) is 2.76. The Morgan fingerprint density at radius 1 is 1.41 bits per heavy atom. The lowest BCUT2D eigenvalue weighted by Gasteiger charge is -2.22. The van der Waals surface area contributed by atoms with Crippen molar-refractivity contribution in [3.8, 4) is 5.75 Å². The number of rotatable bonds is 3. The molecule has 0 radical (unpaired) electrons. The summed E-state index contributed by atoms with van der Waals surface area (Å²) < 4.78 is 18.5. The minimum absolute atomic E-state index is 0.00535. The van der Waals surface area contributed by atoms with Crippen LogP contribution in [0.2, 0.25) is 0 Å². The van der Waals surface area contributed by atoms with Gasteiger partial charge in [-0.15, -0.1) is 0 Å². The minimum Gasteiger partial charge on any atom is -0.493 e. The molecule has 92 valence electrons. The smallest absolute Gasteiger partial charge is 0.186 e. The van der Waals surface area contributed by atoms with E-state index in [0.717, 1.165) is 12.8 Å². The van der Waals surface area contributed by atoms with Crippen LogP contribution in [0, 0.1) is 5.82 Å². The van der Waals surface area contributed by atoms with Crippen LogP contribution in [0.5, 0.6) is 5.75 Å². The van der Waals surface area contributed by atoms with E-state index < -0.39 is 11.4 Å². The van der Waals surface area contributed by atoms with Crippen molar-refractivity contribution in [2.45, 2.75) is 31.2 Å². The molecule has 3 nitrogen and oxygen atoms in total. The van der Waals surface area contributed by atoms with E-state index in [9.17, 15) is 9.18 Å². The molecule has 2 rings (SSSR count). The van der Waals surface area contributed by atoms with Crippen LogP contribution in [-0.2, 0) is 0 Å². The van der Waals surface area contributed by atoms with E-state index in [1.807, 2.05) is 0 Å². The van der Waals surface area contributed by atoms with Gasteiger partial charge in [-0.25, -0.2) is 4.39 Å². The topological polar surface area (TPSA) is 52.3 Å². The zero-order chi connectivity index (χ0) is 12.5. The summed E-state index contributed by atoms with van der Waals surface area (Å²) in [6.45, 7) is 0. The molecule has 1 aromatic carbocycles. The second-order valence-electron chi connectivity index (χ2n) is 4.51. The fourth-order valence-corrected chi connectivity index (χ4v) is 2.40. The SMILES string of the molecule is COc1c(F)cccc1C(=O)C1(N)CCCC1. The van der Waals surface area contributed by atoms with Gasteiger partial charge < -0.3 is 10.5 Å². The third-order valence-electron chi connectivity index (χ3n) is 3.36. The summed E-state index contributed by atoms with van der Waals surface area (Å²) in [4.78, 5) is 12.3. The van der Waals surface area contributed by atoms with Crippen LogP contribution < -0.4 is 10.5 Å². The van der Waals surface area contributed by atoms with Gasteiger partial charge in [-0.05, 0) is 25.0 Å². The maximum Gasteiger partial charge on any atom is 0.186 e. The van der Waals surface area contributed by atoms with E-state index in [1.165, 1.54) is 19.2 Å². The minimum atomic E-state index is -0.846. The first kappa shape index (κ1) is 12.0. The Labute approximate surface area is 99.8 Å². The zero-order valence-corrected chi connectivity index (χ0v) is 9.83. The highest BCUT2D eigenvalue weighted by atomic mass is 19.1. The monoisotopic (exact) mass is 237 g/mol. The number of carbonyl (C=O) groups is 1. The van der Waals surface area contributed by atoms with E-state index >= 15 is 0 Å². The van der Waals surface area contributed by atoms with Gasteiger partial charge in [0.2, 0.25) is 0 Å². The fraction of sp³-hybridized carbons (Fsp3) is 0.462. The van der Waals surface area contributed by atoms with Gasteiger partial charge in [0.05, 0.1) is 18.2 Å². The number of para-hydroxylation sites is 1. The number of benzene rings is 1. The third-order valence-corrected chi connectivity index (χ3v) is 3.36. The van der Waals surface area contributed by atoms with Gasteiger partial charge in [-0.3, -0.25) is 4.79 Å². The van der Waals surface area contributed by atoms with E-state index in [4.69, 9.17) is 10.5 Å². The normalized spacial score (nSPS) is 18.1. The van der Waals surface area contributed by atoms with Crippen molar-refractivity contribution in [1.82, 2.24) is 0 Å². The molecule has 0 amide bonds. The van der Waals surface area contributed by atoms with Crippen molar-refractivity contribution in [1.29, 1.82) is 0 Å². The zero-order valence-electron chi connectivity index (χ0n) is 9.83. The molecule has 1 aliphatic carbocycles. The fourth-order valence-electron chi connectivity index (χ4n) is 2.40. The number of ether oxygens (including phenoxy) is 1. The van der Waals surface area contributed by atoms with Crippen molar-refractivity contribution in [3.05, 3.63) is 29.6 Å². The van der Waals surface area contributed by atoms with E-state index in [1.54, 1.807) is 6.07 Å². The summed E-state index contributed by atoms with van der Waals surface area (Å²) in [5.41, 5.74) is 5.48. The molecule has 0 bridgehead atoms. The van der Waals surface area contributed by atoms with E-state index in [2.05, 4.69) is 0 Å². The number of ketones is 1. The highest BCUT2D eigenvalue weighted by molar-refractivity contribution is 6.05. The summed E-state index contributed by atoms with van der Waals surface area (Å²) in [5, 5.41) is 0. The number of hydrogen-bond acceptors (Lipinski definition) is 3. The molecular weight excluding hydrogens is 221 g/mol. The Bertz CT molecular complexity index is 439. The number of carbonyl (C=O) groups excluding carboxylic acids is 1. The number of hydrogen-bond donors (Lipinski definition) is 1. The Morgan fingerprint density at radius 3 is 2.65 bits per heavy atom. The molecule has 0 atom stereocenters. The van der Waals surface area contributed by atoms with Gasteiger partial charge in [0.1, 0.15) is 0 Å². The van der Waals surface area contributed by atoms with Gasteiger partial charge in [0.15, 0.2) is 17.3 Å². The molecule has 0 aromatic heterocycles. The molecule has 2 N–H and O–H groups in total. The summed E-state index contributed by atoms with van der Waals surface area (Å²) >= 11 is 0. The van der Waals surface area contributed by atoms with Gasteiger partial charge >= 0.3 is 0 Å². The van der Waals surface area contributed by atoms with Crippen LogP contribution in [0.15, 0.2) is 18.2 Å². The molecule has 1 fully saturated rings. The molecule has 0 heterocycles. The van der Waals surface area contributed by atoms with E-state index in [-0.39, 0.29) is 17.1 Å². The lowest BCUT2D eigenvalue weighted by Crippen LogP contribution is -2.45. The number of halogens is 1. The average molecular weight is 237 g/mol. The number of Topliss-reactive ketones (excluding diaryl/α,β-unsaturated/α-hetero) is 1. The lowest BCUT2D eigenvalue weighted by atomic mass is 9.88. The number of methoxy groups -OCH3 is 1. The molecule has 0 spiro atoms. The predicted octanol–water partition coefficient (Wildman–Crippen LogP) is 2.29. The molecule has 1 aromatic rings. The van der Waals surface area contributed by atoms with Crippen molar-refractivity contribution in [3.63, 3.8) is 0 Å². The maximum atomic E-state index is 13.5. The molecule has 0 unspecified atom stereocenters. The second kappa shape index (κ2) is 4.45. The third kappa shape index (κ3) is 2.05. The molecule has 1 aliphatic rings. The Balaban J connectivity index is 2.40. The van der Waals surface area contributed by atoms with E-state index in [0.29, 0.717) is 12.8 Å². The first-order chi connectivity index (χ1) is 8.08. The molecule has 1 saturated carbocycles. The van der Waals surface area contributed by atoms with Crippen LogP contribution in [0.25, 0.3) is 0 Å². The molecular formula is C13H16FNO2. The highest BCUT2D eigenvalue weighted by Crippen LogP contribution is 2.33. The quantitative estimate of drug-likeness (QED) is 0.820. The Morgan fingerprint density at radius 2 is 2.06 bits per heavy atom. The maximum absolute atomic E-state index is 13.5. The largest absolute Gasteiger partial charge is 0.493 e. The van der Waals surface area contributed by atoms with Crippen LogP contribution >= 0.6 is 0 Å². The van der Waals surface area contributed by atoms with Crippen molar-refractivity contribution in [2.24, 2.45) is 5.73 Å². The Hall–Kier alpha value is -1.42. The predicted molar refractivity (Wildman–Crippen MR) is 62.7 cm³/mol. The molecule has 0 aliphatic heterocycles. The van der Waals surface area contributed by atoms with Crippen LogP contribution in [0.3, 0.4) is 0 Å². The first-order valence-electron chi connectivity index (χ1n) is 5.75. The van der Waals surface area contributed by atoms with Gasteiger partial charge in [0, 0.05) is 0 Å². The summed E-state index contributed by atoms with van der Waals surface area (Å²) in [5.74, 6) is -0.750. The second-order valence-corrected chi connectivity index (χ2v) is 4.51. The van der Waals surface area contributed by atoms with Gasteiger partial charge in [-0.1, -0.05) is 18.9 Å². The summed E-state index contributed by atoms with van der Waals surface area (Å²) in [7, 11) is 1.35. The Kier molecular flexibility index (Phi) is 3.15. The number of nitrogens with two attached hydrogens (primary N) is 1. The lowest BCUT2D eigenvalue weighted by molar-refractivity contribution is 0.0888.